The van der Waals surface area contributed by atoms with Crippen LogP contribution in [-0.2, 0) is 4.79 Å². The number of benzene rings is 1. The van der Waals surface area contributed by atoms with Crippen LogP contribution in [0.2, 0.25) is 5.02 Å². The Hall–Kier alpha value is -2.01. The zero-order valence-corrected chi connectivity index (χ0v) is 12.9. The van der Waals surface area contributed by atoms with E-state index < -0.39 is 11.9 Å². The number of carboxylic acid groups (broad SMARTS) is 1. The third-order valence-electron chi connectivity index (χ3n) is 4.17. The van der Waals surface area contributed by atoms with Gasteiger partial charge in [-0.25, -0.2) is 0 Å². The summed E-state index contributed by atoms with van der Waals surface area (Å²) in [4.78, 5) is 25.4. The summed E-state index contributed by atoms with van der Waals surface area (Å²) in [6.45, 7) is 2.58. The van der Waals surface area contributed by atoms with Gasteiger partial charge in [0.05, 0.1) is 10.9 Å². The second kappa shape index (κ2) is 5.65. The third-order valence-corrected chi connectivity index (χ3v) is 4.47. The number of rotatable bonds is 2. The first-order valence-electron chi connectivity index (χ1n) is 7.18. The number of furan rings is 1. The molecule has 1 aromatic carbocycles. The normalized spacial score (nSPS) is 18.6. The first kappa shape index (κ1) is 14.9. The van der Waals surface area contributed by atoms with Gasteiger partial charge in [-0.3, -0.25) is 9.59 Å². The van der Waals surface area contributed by atoms with Crippen LogP contribution in [-0.4, -0.2) is 35.0 Å². The molecule has 2 aromatic rings. The van der Waals surface area contributed by atoms with Gasteiger partial charge in [-0.05, 0) is 25.8 Å². The number of aryl methyl sites for hydroxylation is 1. The van der Waals surface area contributed by atoms with Gasteiger partial charge in [0.25, 0.3) is 5.91 Å². The number of likely N-dealkylation sites (tertiary alicyclic amines) is 1. The molecule has 1 atom stereocenters. The standard InChI is InChI=1S/C16H16ClNO4/c1-9-11-5-2-6-12(17)14(11)22-13(9)15(19)18-7-3-4-10(8-18)16(20)21/h2,5-6,10H,3-4,7-8H2,1H3,(H,20,21). The lowest BCUT2D eigenvalue weighted by molar-refractivity contribution is -0.143. The van der Waals surface area contributed by atoms with Crippen molar-refractivity contribution in [3.05, 3.63) is 34.5 Å². The van der Waals surface area contributed by atoms with Crippen LogP contribution in [0.1, 0.15) is 29.0 Å². The minimum atomic E-state index is -0.859. The summed E-state index contributed by atoms with van der Waals surface area (Å²) in [6.07, 6.45) is 1.28. The summed E-state index contributed by atoms with van der Waals surface area (Å²) in [5, 5.41) is 10.4. The number of fused-ring (bicyclic) bond motifs is 1. The first-order valence-corrected chi connectivity index (χ1v) is 7.56. The van der Waals surface area contributed by atoms with Gasteiger partial charge in [-0.2, -0.15) is 0 Å². The molecule has 3 rings (SSSR count). The van der Waals surface area contributed by atoms with E-state index >= 15 is 0 Å². The Bertz CT molecular complexity index is 752. The van der Waals surface area contributed by atoms with Crippen LogP contribution in [0, 0.1) is 12.8 Å². The zero-order chi connectivity index (χ0) is 15.9. The van der Waals surface area contributed by atoms with E-state index in [2.05, 4.69) is 0 Å². The van der Waals surface area contributed by atoms with Gasteiger partial charge in [0, 0.05) is 24.0 Å². The number of piperidine rings is 1. The monoisotopic (exact) mass is 321 g/mol. The number of carbonyl (C=O) groups excluding carboxylic acids is 1. The van der Waals surface area contributed by atoms with Gasteiger partial charge in [0.1, 0.15) is 0 Å². The minimum absolute atomic E-state index is 0.221. The maximum Gasteiger partial charge on any atom is 0.308 e. The first-order chi connectivity index (χ1) is 10.5. The van der Waals surface area contributed by atoms with Crippen molar-refractivity contribution in [3.8, 4) is 0 Å². The highest BCUT2D eigenvalue weighted by atomic mass is 35.5. The maximum absolute atomic E-state index is 12.7. The van der Waals surface area contributed by atoms with Crippen LogP contribution >= 0.6 is 11.6 Å². The molecule has 5 nitrogen and oxygen atoms in total. The van der Waals surface area contributed by atoms with E-state index in [0.717, 1.165) is 10.9 Å². The topological polar surface area (TPSA) is 70.8 Å². The lowest BCUT2D eigenvalue weighted by Gasteiger charge is -2.30. The van der Waals surface area contributed by atoms with Gasteiger partial charge in [0.15, 0.2) is 11.3 Å². The van der Waals surface area contributed by atoms with E-state index in [1.165, 1.54) is 0 Å². The molecule has 0 saturated carbocycles. The molecule has 1 unspecified atom stereocenters. The summed E-state index contributed by atoms with van der Waals surface area (Å²) in [7, 11) is 0. The smallest absolute Gasteiger partial charge is 0.308 e. The third kappa shape index (κ3) is 2.46. The van der Waals surface area contributed by atoms with Crippen molar-refractivity contribution >= 4 is 34.4 Å². The summed E-state index contributed by atoms with van der Waals surface area (Å²) in [5.74, 6) is -1.39. The second-order valence-corrected chi connectivity index (χ2v) is 6.01. The highest BCUT2D eigenvalue weighted by Crippen LogP contribution is 2.32. The number of aliphatic carboxylic acids is 1. The SMILES string of the molecule is Cc1c(C(=O)N2CCCC(C(=O)O)C2)oc2c(Cl)cccc12. The molecule has 0 bridgehead atoms. The average Bonchev–Trinajstić information content (AvgIpc) is 2.85. The Labute approximate surface area is 132 Å². The molecule has 1 saturated heterocycles. The summed E-state index contributed by atoms with van der Waals surface area (Å²) in [6, 6.07) is 5.37. The van der Waals surface area contributed by atoms with Crippen molar-refractivity contribution in [2.24, 2.45) is 5.92 Å². The van der Waals surface area contributed by atoms with E-state index in [9.17, 15) is 9.59 Å². The molecule has 1 aromatic heterocycles. The van der Waals surface area contributed by atoms with Gasteiger partial charge in [-0.1, -0.05) is 23.7 Å². The molecule has 1 aliphatic heterocycles. The van der Waals surface area contributed by atoms with E-state index in [4.69, 9.17) is 21.1 Å². The molecule has 116 valence electrons. The predicted molar refractivity (Wildman–Crippen MR) is 82.2 cm³/mol. The predicted octanol–water partition coefficient (Wildman–Crippen LogP) is 3.33. The van der Waals surface area contributed by atoms with Gasteiger partial charge >= 0.3 is 5.97 Å². The Balaban J connectivity index is 1.94. The van der Waals surface area contributed by atoms with Crippen molar-refractivity contribution in [2.45, 2.75) is 19.8 Å². The molecular formula is C16H16ClNO4. The minimum Gasteiger partial charge on any atom is -0.481 e. The largest absolute Gasteiger partial charge is 0.481 e. The maximum atomic E-state index is 12.7. The molecular weight excluding hydrogens is 306 g/mol. The highest BCUT2D eigenvalue weighted by molar-refractivity contribution is 6.35. The lowest BCUT2D eigenvalue weighted by Crippen LogP contribution is -2.42. The summed E-state index contributed by atoms with van der Waals surface area (Å²) >= 11 is 6.10. The van der Waals surface area contributed by atoms with Gasteiger partial charge < -0.3 is 14.4 Å². The molecule has 1 fully saturated rings. The number of hydrogen-bond acceptors (Lipinski definition) is 3. The molecule has 6 heteroatoms. The Kier molecular flexibility index (Phi) is 3.83. The van der Waals surface area contributed by atoms with Gasteiger partial charge in [0.2, 0.25) is 0 Å². The molecule has 0 aliphatic carbocycles. The van der Waals surface area contributed by atoms with E-state index in [-0.39, 0.29) is 18.2 Å². The molecule has 1 N–H and O–H groups in total. The van der Waals surface area contributed by atoms with E-state index in [1.807, 2.05) is 19.1 Å². The lowest BCUT2D eigenvalue weighted by atomic mass is 9.98. The average molecular weight is 322 g/mol. The van der Waals surface area contributed by atoms with Crippen LogP contribution < -0.4 is 0 Å². The van der Waals surface area contributed by atoms with Crippen molar-refractivity contribution in [2.75, 3.05) is 13.1 Å². The van der Waals surface area contributed by atoms with E-state index in [0.29, 0.717) is 30.0 Å². The molecule has 22 heavy (non-hydrogen) atoms. The fourth-order valence-electron chi connectivity index (χ4n) is 2.92. The summed E-state index contributed by atoms with van der Waals surface area (Å²) in [5.41, 5.74) is 1.23. The molecule has 0 spiro atoms. The Morgan fingerprint density at radius 1 is 1.41 bits per heavy atom. The number of carboxylic acids is 1. The van der Waals surface area contributed by atoms with Gasteiger partial charge in [-0.15, -0.1) is 0 Å². The Morgan fingerprint density at radius 3 is 2.86 bits per heavy atom. The number of carbonyl (C=O) groups is 2. The number of para-hydroxylation sites is 1. The van der Waals surface area contributed by atoms with Crippen LogP contribution in [0.4, 0.5) is 0 Å². The fraction of sp³-hybridized carbons (Fsp3) is 0.375. The number of halogens is 1. The number of hydrogen-bond donors (Lipinski definition) is 1. The number of amides is 1. The van der Waals surface area contributed by atoms with E-state index in [1.54, 1.807) is 11.0 Å². The molecule has 1 amide bonds. The van der Waals surface area contributed by atoms with Crippen LogP contribution in [0.3, 0.4) is 0 Å². The van der Waals surface area contributed by atoms with Crippen molar-refractivity contribution in [1.82, 2.24) is 4.90 Å². The van der Waals surface area contributed by atoms with Crippen LogP contribution in [0.15, 0.2) is 22.6 Å². The number of nitrogens with zero attached hydrogens (tertiary/aromatic N) is 1. The fourth-order valence-corrected chi connectivity index (χ4v) is 3.13. The highest BCUT2D eigenvalue weighted by Gasteiger charge is 2.31. The van der Waals surface area contributed by atoms with Crippen molar-refractivity contribution in [3.63, 3.8) is 0 Å². The second-order valence-electron chi connectivity index (χ2n) is 5.60. The molecule has 1 aliphatic rings. The van der Waals surface area contributed by atoms with Crippen molar-refractivity contribution in [1.29, 1.82) is 0 Å². The van der Waals surface area contributed by atoms with Crippen LogP contribution in [0.5, 0.6) is 0 Å². The Morgan fingerprint density at radius 2 is 2.18 bits per heavy atom. The van der Waals surface area contributed by atoms with Crippen LogP contribution in [0.25, 0.3) is 11.0 Å². The quantitative estimate of drug-likeness (QED) is 0.921. The zero-order valence-electron chi connectivity index (χ0n) is 12.1. The molecule has 0 radical (unpaired) electrons. The molecule has 2 heterocycles. The summed E-state index contributed by atoms with van der Waals surface area (Å²) < 4.78 is 5.67. The van der Waals surface area contributed by atoms with Crippen molar-refractivity contribution < 1.29 is 19.1 Å².